The van der Waals surface area contributed by atoms with Crippen molar-refractivity contribution < 1.29 is 9.53 Å². The second kappa shape index (κ2) is 10.9. The van der Waals surface area contributed by atoms with Crippen LogP contribution in [-0.4, -0.2) is 32.7 Å². The van der Waals surface area contributed by atoms with E-state index < -0.39 is 0 Å². The quantitative estimate of drug-likeness (QED) is 0.511. The fourth-order valence-corrected chi connectivity index (χ4v) is 2.97. The van der Waals surface area contributed by atoms with Crippen LogP contribution in [0.3, 0.4) is 0 Å². The number of nitrogens with one attached hydrogen (secondary N) is 2. The molecule has 1 aromatic carbocycles. The minimum Gasteiger partial charge on any atom is -0.497 e. The predicted octanol–water partition coefficient (Wildman–Crippen LogP) is 3.22. The van der Waals surface area contributed by atoms with E-state index in [1.807, 2.05) is 18.2 Å². The van der Waals surface area contributed by atoms with E-state index in [0.29, 0.717) is 6.42 Å². The molecule has 1 amide bonds. The van der Waals surface area contributed by atoms with Crippen LogP contribution in [0.1, 0.15) is 44.1 Å². The summed E-state index contributed by atoms with van der Waals surface area (Å²) in [5.74, 6) is 1.03. The van der Waals surface area contributed by atoms with Crippen LogP contribution >= 0.6 is 0 Å². The van der Waals surface area contributed by atoms with Crippen molar-refractivity contribution >= 4 is 5.91 Å². The van der Waals surface area contributed by atoms with E-state index >= 15 is 0 Å². The molecule has 0 aliphatic heterocycles. The number of hydrogen-bond acceptors (Lipinski definition) is 3. The Morgan fingerprint density at radius 3 is 2.88 bits per heavy atom. The summed E-state index contributed by atoms with van der Waals surface area (Å²) in [5.41, 5.74) is 2.75. The summed E-state index contributed by atoms with van der Waals surface area (Å²) in [6, 6.07) is 8.10. The Hall–Kier alpha value is -1.81. The number of allylic oxidation sites excluding steroid dienone is 1. The number of rotatable bonds is 10. The van der Waals surface area contributed by atoms with Crippen molar-refractivity contribution in [2.24, 2.45) is 0 Å². The highest BCUT2D eigenvalue weighted by atomic mass is 16.5. The molecule has 2 N–H and O–H groups in total. The summed E-state index contributed by atoms with van der Waals surface area (Å²) in [7, 11) is 1.68. The number of hydrogen-bond donors (Lipinski definition) is 2. The first-order valence-corrected chi connectivity index (χ1v) is 9.06. The lowest BCUT2D eigenvalue weighted by Crippen LogP contribution is -2.29. The van der Waals surface area contributed by atoms with Crippen LogP contribution in [0.15, 0.2) is 35.9 Å². The van der Waals surface area contributed by atoms with Gasteiger partial charge in [0.2, 0.25) is 5.91 Å². The van der Waals surface area contributed by atoms with Gasteiger partial charge in [-0.15, -0.1) is 0 Å². The molecule has 0 bridgehead atoms. The molecule has 0 unspecified atom stereocenters. The topological polar surface area (TPSA) is 50.4 Å². The molecule has 0 aromatic heterocycles. The molecular weight excluding hydrogens is 300 g/mol. The molecule has 0 saturated heterocycles. The third-order valence-corrected chi connectivity index (χ3v) is 4.41. The number of carbonyl (C=O) groups is 1. The molecule has 0 saturated carbocycles. The SMILES string of the molecule is COc1cccc(CCNCCC(=O)NCCC2=CCCCC2)c1. The molecule has 1 aliphatic rings. The first-order valence-electron chi connectivity index (χ1n) is 9.06. The number of carbonyl (C=O) groups excluding carboxylic acids is 1. The van der Waals surface area contributed by atoms with Gasteiger partial charge in [-0.25, -0.2) is 0 Å². The summed E-state index contributed by atoms with van der Waals surface area (Å²) in [4.78, 5) is 11.8. The maximum Gasteiger partial charge on any atom is 0.221 e. The Morgan fingerprint density at radius 2 is 2.08 bits per heavy atom. The van der Waals surface area contributed by atoms with Gasteiger partial charge in [-0.1, -0.05) is 23.8 Å². The summed E-state index contributed by atoms with van der Waals surface area (Å²) < 4.78 is 5.22. The monoisotopic (exact) mass is 330 g/mol. The first-order chi connectivity index (χ1) is 11.8. The van der Waals surface area contributed by atoms with Gasteiger partial charge < -0.3 is 15.4 Å². The van der Waals surface area contributed by atoms with Crippen LogP contribution in [0.4, 0.5) is 0 Å². The first kappa shape index (κ1) is 18.5. The standard InChI is InChI=1S/C20H30N2O2/c1-24-19-9-5-8-18(16-19)10-13-21-14-12-20(23)22-15-11-17-6-3-2-4-7-17/h5-6,8-9,16,21H,2-4,7,10-15H2,1H3,(H,22,23). The third-order valence-electron chi connectivity index (χ3n) is 4.41. The van der Waals surface area contributed by atoms with Crippen LogP contribution < -0.4 is 15.4 Å². The average Bonchev–Trinajstić information content (AvgIpc) is 2.62. The molecule has 4 heteroatoms. The zero-order chi connectivity index (χ0) is 17.0. The Kier molecular flexibility index (Phi) is 8.39. The minimum atomic E-state index is 0.139. The molecular formula is C20H30N2O2. The maximum absolute atomic E-state index is 11.8. The maximum atomic E-state index is 11.8. The minimum absolute atomic E-state index is 0.139. The highest BCUT2D eigenvalue weighted by molar-refractivity contribution is 5.76. The molecule has 2 rings (SSSR count). The van der Waals surface area contributed by atoms with E-state index in [9.17, 15) is 4.79 Å². The van der Waals surface area contributed by atoms with Gasteiger partial charge in [0.15, 0.2) is 0 Å². The predicted molar refractivity (Wildman–Crippen MR) is 98.4 cm³/mol. The van der Waals surface area contributed by atoms with Crippen molar-refractivity contribution in [1.82, 2.24) is 10.6 Å². The second-order valence-electron chi connectivity index (χ2n) is 6.31. The van der Waals surface area contributed by atoms with Gasteiger partial charge in [-0.3, -0.25) is 4.79 Å². The van der Waals surface area contributed by atoms with Crippen molar-refractivity contribution in [1.29, 1.82) is 0 Å². The van der Waals surface area contributed by atoms with Crippen LogP contribution in [0.2, 0.25) is 0 Å². The molecule has 0 heterocycles. The van der Waals surface area contributed by atoms with Gasteiger partial charge in [0.05, 0.1) is 7.11 Å². The lowest BCUT2D eigenvalue weighted by molar-refractivity contribution is -0.120. The molecule has 1 aromatic rings. The summed E-state index contributed by atoms with van der Waals surface area (Å²) >= 11 is 0. The smallest absolute Gasteiger partial charge is 0.221 e. The van der Waals surface area contributed by atoms with Crippen molar-refractivity contribution in [2.75, 3.05) is 26.7 Å². The Balaban J connectivity index is 1.50. The van der Waals surface area contributed by atoms with Crippen LogP contribution in [0, 0.1) is 0 Å². The van der Waals surface area contributed by atoms with E-state index in [4.69, 9.17) is 4.74 Å². The Labute approximate surface area is 145 Å². The van der Waals surface area contributed by atoms with Gasteiger partial charge >= 0.3 is 0 Å². The van der Waals surface area contributed by atoms with E-state index in [0.717, 1.165) is 38.2 Å². The van der Waals surface area contributed by atoms with Crippen molar-refractivity contribution in [3.63, 3.8) is 0 Å². The average molecular weight is 330 g/mol. The van der Waals surface area contributed by atoms with Gasteiger partial charge in [0, 0.05) is 19.5 Å². The van der Waals surface area contributed by atoms with Crippen molar-refractivity contribution in [3.05, 3.63) is 41.5 Å². The summed E-state index contributed by atoms with van der Waals surface area (Å²) in [6.45, 7) is 2.36. The molecule has 132 valence electrons. The van der Waals surface area contributed by atoms with E-state index in [1.54, 1.807) is 7.11 Å². The lowest BCUT2D eigenvalue weighted by Gasteiger charge is -2.13. The van der Waals surface area contributed by atoms with Crippen LogP contribution in [0.5, 0.6) is 5.75 Å². The van der Waals surface area contributed by atoms with E-state index in [1.165, 1.54) is 36.8 Å². The molecule has 24 heavy (non-hydrogen) atoms. The highest BCUT2D eigenvalue weighted by Gasteiger charge is 2.05. The molecule has 0 atom stereocenters. The van der Waals surface area contributed by atoms with Gasteiger partial charge in [-0.05, 0) is 62.8 Å². The number of methoxy groups -OCH3 is 1. The molecule has 0 spiro atoms. The normalized spacial score (nSPS) is 14.1. The fourth-order valence-electron chi connectivity index (χ4n) is 2.97. The van der Waals surface area contributed by atoms with Crippen molar-refractivity contribution in [3.8, 4) is 5.75 Å². The van der Waals surface area contributed by atoms with Gasteiger partial charge in [0.25, 0.3) is 0 Å². The van der Waals surface area contributed by atoms with Gasteiger partial charge in [-0.2, -0.15) is 0 Å². The summed E-state index contributed by atoms with van der Waals surface area (Å²) in [5, 5.41) is 6.35. The lowest BCUT2D eigenvalue weighted by atomic mass is 9.97. The van der Waals surface area contributed by atoms with E-state index in [2.05, 4.69) is 22.8 Å². The largest absolute Gasteiger partial charge is 0.497 e. The molecule has 1 aliphatic carbocycles. The van der Waals surface area contributed by atoms with Crippen LogP contribution in [0.25, 0.3) is 0 Å². The van der Waals surface area contributed by atoms with Crippen molar-refractivity contribution in [2.45, 2.75) is 44.9 Å². The Morgan fingerprint density at radius 1 is 1.17 bits per heavy atom. The fraction of sp³-hybridized carbons (Fsp3) is 0.550. The van der Waals surface area contributed by atoms with Crippen LogP contribution in [-0.2, 0) is 11.2 Å². The van der Waals surface area contributed by atoms with E-state index in [-0.39, 0.29) is 5.91 Å². The number of ether oxygens (including phenoxy) is 1. The third kappa shape index (κ3) is 7.18. The second-order valence-corrected chi connectivity index (χ2v) is 6.31. The Bertz CT molecular complexity index is 540. The molecule has 0 fully saturated rings. The van der Waals surface area contributed by atoms with Gasteiger partial charge in [0.1, 0.15) is 5.75 Å². The zero-order valence-electron chi connectivity index (χ0n) is 14.8. The number of amides is 1. The summed E-state index contributed by atoms with van der Waals surface area (Å²) in [6.07, 6.45) is 9.87. The zero-order valence-corrected chi connectivity index (χ0v) is 14.8. The molecule has 4 nitrogen and oxygen atoms in total. The number of benzene rings is 1. The molecule has 0 radical (unpaired) electrons. The highest BCUT2D eigenvalue weighted by Crippen LogP contribution is 2.19.